The highest BCUT2D eigenvalue weighted by Crippen LogP contribution is 2.02. The molecule has 0 aliphatic carbocycles. The zero-order chi connectivity index (χ0) is 26.6. The maximum Gasteiger partial charge on any atom is 0.326 e. The van der Waals surface area contributed by atoms with E-state index in [4.69, 9.17) is 32.5 Å². The van der Waals surface area contributed by atoms with E-state index in [0.717, 1.165) is 0 Å². The molecule has 0 aromatic heterocycles. The first-order valence-corrected chi connectivity index (χ1v) is 9.53. The first-order valence-electron chi connectivity index (χ1n) is 9.53. The van der Waals surface area contributed by atoms with E-state index in [9.17, 15) is 38.4 Å². The molecule has 0 radical (unpaired) electrons. The van der Waals surface area contributed by atoms with Gasteiger partial charge in [0, 0.05) is 6.42 Å². The SMILES string of the molecule is NC(=O)CCC(N)C(=O)NC(CC(N)=O)C(=O)NC(CC(=O)O)C(=O)NC(CC(=O)O)C(=O)O. The Hall–Kier alpha value is -4.28. The number of hydrogen-bond donors (Lipinski definition) is 9. The number of carboxylic acid groups (broad SMARTS) is 3. The first-order chi connectivity index (χ1) is 15.6. The van der Waals surface area contributed by atoms with Crippen LogP contribution < -0.4 is 33.2 Å². The van der Waals surface area contributed by atoms with Crippen LogP contribution in [-0.4, -0.2) is 86.9 Å². The number of aliphatic carboxylic acids is 3. The van der Waals surface area contributed by atoms with Gasteiger partial charge in [0.25, 0.3) is 0 Å². The van der Waals surface area contributed by atoms with E-state index in [1.165, 1.54) is 0 Å². The summed E-state index contributed by atoms with van der Waals surface area (Å²) in [5.74, 6) is -10.3. The number of primary amides is 2. The van der Waals surface area contributed by atoms with Gasteiger partial charge in [-0.3, -0.25) is 33.6 Å². The molecule has 4 unspecified atom stereocenters. The minimum atomic E-state index is -1.94. The van der Waals surface area contributed by atoms with Gasteiger partial charge in [0.05, 0.1) is 25.3 Å². The highest BCUT2D eigenvalue weighted by molar-refractivity contribution is 5.97. The average molecular weight is 490 g/mol. The fraction of sp³-hybridized carbons (Fsp3) is 0.529. The second-order valence-electron chi connectivity index (χ2n) is 7.00. The fourth-order valence-electron chi connectivity index (χ4n) is 2.42. The fourth-order valence-corrected chi connectivity index (χ4v) is 2.42. The number of hydrogen-bond acceptors (Lipinski definition) is 9. The summed E-state index contributed by atoms with van der Waals surface area (Å²) in [6.07, 6.45) is -3.36. The summed E-state index contributed by atoms with van der Waals surface area (Å²) in [5, 5.41) is 32.5. The molecule has 17 nitrogen and oxygen atoms in total. The van der Waals surface area contributed by atoms with Crippen LogP contribution in [0.25, 0.3) is 0 Å². The van der Waals surface area contributed by atoms with Crippen LogP contribution >= 0.6 is 0 Å². The van der Waals surface area contributed by atoms with Gasteiger partial charge in [-0.05, 0) is 6.42 Å². The number of amides is 5. The van der Waals surface area contributed by atoms with Crippen molar-refractivity contribution >= 4 is 47.4 Å². The lowest BCUT2D eigenvalue weighted by Gasteiger charge is -2.23. The molecule has 0 heterocycles. The number of nitrogens with two attached hydrogens (primary N) is 3. The number of rotatable bonds is 16. The highest BCUT2D eigenvalue weighted by Gasteiger charge is 2.32. The summed E-state index contributed by atoms with van der Waals surface area (Å²) in [6, 6.07) is -6.90. The Morgan fingerprint density at radius 1 is 0.618 bits per heavy atom. The lowest BCUT2D eigenvalue weighted by Crippen LogP contribution is -2.58. The van der Waals surface area contributed by atoms with E-state index >= 15 is 0 Å². The number of carbonyl (C=O) groups excluding carboxylic acids is 5. The molecule has 190 valence electrons. The van der Waals surface area contributed by atoms with Crippen molar-refractivity contribution in [3.63, 3.8) is 0 Å². The van der Waals surface area contributed by atoms with Gasteiger partial charge >= 0.3 is 17.9 Å². The molecule has 4 atom stereocenters. The van der Waals surface area contributed by atoms with Gasteiger partial charge in [-0.15, -0.1) is 0 Å². The molecular formula is C17H26N6O11. The van der Waals surface area contributed by atoms with Gasteiger partial charge in [0.15, 0.2) is 0 Å². The highest BCUT2D eigenvalue weighted by atomic mass is 16.4. The van der Waals surface area contributed by atoms with Crippen LogP contribution in [0.3, 0.4) is 0 Å². The maximum absolute atomic E-state index is 12.6. The lowest BCUT2D eigenvalue weighted by molar-refractivity contribution is -0.148. The molecule has 0 saturated heterocycles. The zero-order valence-corrected chi connectivity index (χ0v) is 17.7. The van der Waals surface area contributed by atoms with E-state index in [2.05, 4.69) is 5.32 Å². The molecule has 5 amide bonds. The number of carboxylic acids is 3. The summed E-state index contributed by atoms with van der Waals surface area (Å²) < 4.78 is 0. The molecule has 0 aliphatic heterocycles. The molecule has 0 rings (SSSR count). The molecule has 0 saturated carbocycles. The Morgan fingerprint density at radius 3 is 1.44 bits per heavy atom. The standard InChI is InChI=1S/C17H26N6O11/c18-6(1-2-10(19)24)14(30)21-7(3-11(20)25)15(31)22-8(4-12(26)27)16(32)23-9(17(33)34)5-13(28)29/h6-9H,1-5,18H2,(H2,19,24)(H2,20,25)(H,21,30)(H,22,31)(H,23,32)(H,26,27)(H,28,29)(H,33,34). The Labute approximate surface area is 191 Å². The summed E-state index contributed by atoms with van der Waals surface area (Å²) in [7, 11) is 0. The van der Waals surface area contributed by atoms with E-state index < -0.39 is 90.9 Å². The van der Waals surface area contributed by atoms with Gasteiger partial charge < -0.3 is 48.5 Å². The summed E-state index contributed by atoms with van der Waals surface area (Å²) in [4.78, 5) is 92.2. The third-order valence-corrected chi connectivity index (χ3v) is 4.08. The van der Waals surface area contributed by atoms with Crippen LogP contribution in [0.4, 0.5) is 0 Å². The first kappa shape index (κ1) is 29.7. The van der Waals surface area contributed by atoms with Gasteiger partial charge in [-0.1, -0.05) is 0 Å². The van der Waals surface area contributed by atoms with Crippen molar-refractivity contribution < 1.29 is 53.7 Å². The van der Waals surface area contributed by atoms with Crippen molar-refractivity contribution in [1.29, 1.82) is 0 Å². The minimum Gasteiger partial charge on any atom is -0.481 e. The van der Waals surface area contributed by atoms with E-state index in [-0.39, 0.29) is 12.8 Å². The van der Waals surface area contributed by atoms with Crippen molar-refractivity contribution in [3.05, 3.63) is 0 Å². The predicted molar refractivity (Wildman–Crippen MR) is 108 cm³/mol. The Kier molecular flexibility index (Phi) is 12.2. The topological polar surface area (TPSA) is 311 Å². The van der Waals surface area contributed by atoms with Crippen molar-refractivity contribution in [2.24, 2.45) is 17.2 Å². The van der Waals surface area contributed by atoms with Crippen LogP contribution in [0, 0.1) is 0 Å². The maximum atomic E-state index is 12.6. The van der Waals surface area contributed by atoms with Crippen LogP contribution in [0.1, 0.15) is 32.1 Å². The normalized spacial score (nSPS) is 13.9. The summed E-state index contributed by atoms with van der Waals surface area (Å²) in [6.45, 7) is 0. The molecule has 17 heteroatoms. The van der Waals surface area contributed by atoms with Crippen LogP contribution in [0.2, 0.25) is 0 Å². The molecule has 0 bridgehead atoms. The molecule has 12 N–H and O–H groups in total. The molecule has 0 aromatic rings. The zero-order valence-electron chi connectivity index (χ0n) is 17.7. The van der Waals surface area contributed by atoms with Crippen LogP contribution in [-0.2, 0) is 38.4 Å². The van der Waals surface area contributed by atoms with Gasteiger partial charge in [0.2, 0.25) is 29.5 Å². The average Bonchev–Trinajstić information content (AvgIpc) is 2.68. The summed E-state index contributed by atoms with van der Waals surface area (Å²) >= 11 is 0. The third kappa shape index (κ3) is 11.9. The number of nitrogens with one attached hydrogen (secondary N) is 3. The van der Waals surface area contributed by atoms with Gasteiger partial charge in [-0.2, -0.15) is 0 Å². The van der Waals surface area contributed by atoms with E-state index in [1.54, 1.807) is 5.32 Å². The summed E-state index contributed by atoms with van der Waals surface area (Å²) in [5.41, 5.74) is 15.6. The number of carbonyl (C=O) groups is 8. The van der Waals surface area contributed by atoms with Crippen LogP contribution in [0.15, 0.2) is 0 Å². The molecule has 0 aliphatic rings. The van der Waals surface area contributed by atoms with Crippen LogP contribution in [0.5, 0.6) is 0 Å². The molecule has 0 fully saturated rings. The van der Waals surface area contributed by atoms with E-state index in [1.807, 2.05) is 5.32 Å². The largest absolute Gasteiger partial charge is 0.481 e. The smallest absolute Gasteiger partial charge is 0.326 e. The predicted octanol–water partition coefficient (Wildman–Crippen LogP) is -5.06. The second-order valence-corrected chi connectivity index (χ2v) is 7.00. The van der Waals surface area contributed by atoms with Crippen molar-refractivity contribution in [3.8, 4) is 0 Å². The van der Waals surface area contributed by atoms with Gasteiger partial charge in [-0.25, -0.2) is 4.79 Å². The van der Waals surface area contributed by atoms with Crippen molar-refractivity contribution in [2.45, 2.75) is 56.3 Å². The molecule has 0 aromatic carbocycles. The minimum absolute atomic E-state index is 0.198. The van der Waals surface area contributed by atoms with Gasteiger partial charge in [0.1, 0.15) is 18.1 Å². The second kappa shape index (κ2) is 14.0. The quantitative estimate of drug-likeness (QED) is 0.0981. The Morgan fingerprint density at radius 2 is 1.03 bits per heavy atom. The van der Waals surface area contributed by atoms with Crippen molar-refractivity contribution in [2.75, 3.05) is 0 Å². The Balaban J connectivity index is 5.54. The van der Waals surface area contributed by atoms with E-state index in [0.29, 0.717) is 0 Å². The molecule has 34 heavy (non-hydrogen) atoms. The molecular weight excluding hydrogens is 464 g/mol. The third-order valence-electron chi connectivity index (χ3n) is 4.08. The van der Waals surface area contributed by atoms with Crippen molar-refractivity contribution in [1.82, 2.24) is 16.0 Å². The monoisotopic (exact) mass is 490 g/mol. The lowest BCUT2D eigenvalue weighted by atomic mass is 10.1. The molecule has 0 spiro atoms. The Bertz CT molecular complexity index is 846.